The smallest absolute Gasteiger partial charge is 0.221 e. The Labute approximate surface area is 141 Å². The van der Waals surface area contributed by atoms with E-state index in [1.165, 1.54) is 27.1 Å². The second-order valence-corrected chi connectivity index (χ2v) is 7.54. The minimum absolute atomic E-state index is 0.0954. The van der Waals surface area contributed by atoms with Crippen LogP contribution in [-0.2, 0) is 11.3 Å². The summed E-state index contributed by atoms with van der Waals surface area (Å²) in [5, 5.41) is 3.98. The molecule has 0 spiro atoms. The SMILES string of the molecule is Cc1cc(C)c(C2CC(=O)NCc3nc(N(C)C)sc32)cc1C. The van der Waals surface area contributed by atoms with Gasteiger partial charge in [0.15, 0.2) is 5.13 Å². The first-order valence-corrected chi connectivity index (χ1v) is 8.70. The molecule has 0 saturated carbocycles. The number of carbonyl (C=O) groups excluding carboxylic acids is 1. The van der Waals surface area contributed by atoms with Gasteiger partial charge in [0.1, 0.15) is 0 Å². The maximum absolute atomic E-state index is 12.2. The van der Waals surface area contributed by atoms with Gasteiger partial charge in [-0.15, -0.1) is 11.3 Å². The third-order valence-corrected chi connectivity index (χ3v) is 5.89. The second-order valence-electron chi connectivity index (χ2n) is 6.53. The number of nitrogens with zero attached hydrogens (tertiary/aromatic N) is 2. The number of rotatable bonds is 2. The topological polar surface area (TPSA) is 45.2 Å². The van der Waals surface area contributed by atoms with Crippen LogP contribution in [0.4, 0.5) is 5.13 Å². The molecule has 1 aliphatic heterocycles. The summed E-state index contributed by atoms with van der Waals surface area (Å²) >= 11 is 1.70. The van der Waals surface area contributed by atoms with Crippen LogP contribution in [0, 0.1) is 20.8 Å². The molecule has 23 heavy (non-hydrogen) atoms. The Balaban J connectivity index is 2.14. The Bertz CT molecular complexity index is 764. The quantitative estimate of drug-likeness (QED) is 0.919. The summed E-state index contributed by atoms with van der Waals surface area (Å²) in [4.78, 5) is 20.1. The molecule has 1 atom stereocenters. The van der Waals surface area contributed by atoms with Crippen LogP contribution in [-0.4, -0.2) is 25.0 Å². The van der Waals surface area contributed by atoms with Crippen LogP contribution in [0.1, 0.15) is 45.2 Å². The van der Waals surface area contributed by atoms with E-state index in [4.69, 9.17) is 4.98 Å². The summed E-state index contributed by atoms with van der Waals surface area (Å²) < 4.78 is 0. The van der Waals surface area contributed by atoms with E-state index in [1.807, 2.05) is 19.0 Å². The summed E-state index contributed by atoms with van der Waals surface area (Å²) in [7, 11) is 4.01. The van der Waals surface area contributed by atoms with Crippen molar-refractivity contribution in [2.45, 2.75) is 39.7 Å². The third-order valence-electron chi connectivity index (χ3n) is 4.52. The lowest BCUT2D eigenvalue weighted by molar-refractivity contribution is -0.121. The molecule has 2 heterocycles. The number of nitrogens with one attached hydrogen (secondary N) is 1. The molecule has 1 N–H and O–H groups in total. The van der Waals surface area contributed by atoms with Crippen molar-refractivity contribution in [2.75, 3.05) is 19.0 Å². The molecule has 0 radical (unpaired) electrons. The number of aryl methyl sites for hydroxylation is 3. The van der Waals surface area contributed by atoms with Gasteiger partial charge in [0.05, 0.1) is 12.2 Å². The Hall–Kier alpha value is -1.88. The van der Waals surface area contributed by atoms with Crippen molar-refractivity contribution in [3.8, 4) is 0 Å². The largest absolute Gasteiger partial charge is 0.354 e. The number of hydrogen-bond donors (Lipinski definition) is 1. The molecule has 122 valence electrons. The maximum Gasteiger partial charge on any atom is 0.221 e. The molecule has 2 aromatic rings. The third kappa shape index (κ3) is 2.98. The van der Waals surface area contributed by atoms with Gasteiger partial charge in [0, 0.05) is 31.3 Å². The molecule has 0 saturated heterocycles. The highest BCUT2D eigenvalue weighted by atomic mass is 32.1. The van der Waals surface area contributed by atoms with Crippen molar-refractivity contribution in [3.63, 3.8) is 0 Å². The molecule has 1 amide bonds. The second kappa shape index (κ2) is 5.96. The first kappa shape index (κ1) is 16.0. The van der Waals surface area contributed by atoms with Gasteiger partial charge >= 0.3 is 0 Å². The van der Waals surface area contributed by atoms with Crippen molar-refractivity contribution >= 4 is 22.4 Å². The fraction of sp³-hybridized carbons (Fsp3) is 0.444. The van der Waals surface area contributed by atoms with Crippen LogP contribution in [0.15, 0.2) is 12.1 Å². The highest BCUT2D eigenvalue weighted by Crippen LogP contribution is 2.40. The van der Waals surface area contributed by atoms with Crippen LogP contribution in [0.3, 0.4) is 0 Å². The lowest BCUT2D eigenvalue weighted by Crippen LogP contribution is -2.21. The fourth-order valence-electron chi connectivity index (χ4n) is 3.08. The van der Waals surface area contributed by atoms with Gasteiger partial charge in [0.25, 0.3) is 0 Å². The molecule has 1 unspecified atom stereocenters. The zero-order valence-corrected chi connectivity index (χ0v) is 15.2. The molecule has 0 fully saturated rings. The van der Waals surface area contributed by atoms with E-state index in [0.29, 0.717) is 13.0 Å². The summed E-state index contributed by atoms with van der Waals surface area (Å²) in [5.74, 6) is 0.197. The van der Waals surface area contributed by atoms with Crippen molar-refractivity contribution in [3.05, 3.63) is 45.0 Å². The predicted octanol–water partition coefficient (Wildman–Crippen LogP) is 3.29. The maximum atomic E-state index is 12.2. The van der Waals surface area contributed by atoms with Gasteiger partial charge in [-0.2, -0.15) is 0 Å². The molecule has 4 nitrogen and oxygen atoms in total. The number of fused-ring (bicyclic) bond motifs is 1. The number of benzene rings is 1. The Morgan fingerprint density at radius 1 is 1.17 bits per heavy atom. The van der Waals surface area contributed by atoms with Gasteiger partial charge in [-0.3, -0.25) is 4.79 Å². The van der Waals surface area contributed by atoms with E-state index in [0.717, 1.165) is 10.8 Å². The molecule has 3 rings (SSSR count). The summed E-state index contributed by atoms with van der Waals surface area (Å²) in [6.07, 6.45) is 0.491. The predicted molar refractivity (Wildman–Crippen MR) is 95.4 cm³/mol. The number of thiazole rings is 1. The van der Waals surface area contributed by atoms with E-state index >= 15 is 0 Å². The Morgan fingerprint density at radius 3 is 2.57 bits per heavy atom. The molecule has 1 aromatic heterocycles. The first-order valence-electron chi connectivity index (χ1n) is 7.88. The number of carbonyl (C=O) groups is 1. The average molecular weight is 329 g/mol. The standard InChI is InChI=1S/C18H23N3OS/c1-10-6-12(3)13(7-11(10)2)14-8-16(22)19-9-15-17(14)23-18(20-15)21(4)5/h6-7,14H,8-9H2,1-5H3,(H,19,22). The zero-order valence-electron chi connectivity index (χ0n) is 14.4. The van der Waals surface area contributed by atoms with Gasteiger partial charge in [-0.1, -0.05) is 12.1 Å². The highest BCUT2D eigenvalue weighted by molar-refractivity contribution is 7.15. The average Bonchev–Trinajstić information content (AvgIpc) is 2.85. The van der Waals surface area contributed by atoms with E-state index < -0.39 is 0 Å². The number of aromatic nitrogens is 1. The van der Waals surface area contributed by atoms with Gasteiger partial charge in [-0.25, -0.2) is 4.98 Å². The summed E-state index contributed by atoms with van der Waals surface area (Å²) in [6, 6.07) is 4.47. The highest BCUT2D eigenvalue weighted by Gasteiger charge is 2.29. The normalized spacial score (nSPS) is 17.4. The molecule has 1 aliphatic rings. The van der Waals surface area contributed by atoms with Crippen molar-refractivity contribution in [2.24, 2.45) is 0 Å². The lowest BCUT2D eigenvalue weighted by atomic mass is 9.88. The van der Waals surface area contributed by atoms with Gasteiger partial charge in [0.2, 0.25) is 5.91 Å². The van der Waals surface area contributed by atoms with Crippen LogP contribution in [0.5, 0.6) is 0 Å². The van der Waals surface area contributed by atoms with E-state index in [9.17, 15) is 4.79 Å². The lowest BCUT2D eigenvalue weighted by Gasteiger charge is -2.18. The number of amides is 1. The molecular weight excluding hydrogens is 306 g/mol. The monoisotopic (exact) mass is 329 g/mol. The van der Waals surface area contributed by atoms with Gasteiger partial charge < -0.3 is 10.2 Å². The van der Waals surface area contributed by atoms with Crippen LogP contribution in [0.2, 0.25) is 0 Å². The fourth-order valence-corrected chi connectivity index (χ4v) is 4.21. The molecule has 5 heteroatoms. The molecule has 0 bridgehead atoms. The Kier molecular flexibility index (Phi) is 4.15. The zero-order chi connectivity index (χ0) is 16.7. The first-order chi connectivity index (χ1) is 10.9. The van der Waals surface area contributed by atoms with E-state index in [2.05, 4.69) is 38.2 Å². The van der Waals surface area contributed by atoms with Crippen molar-refractivity contribution in [1.29, 1.82) is 0 Å². The van der Waals surface area contributed by atoms with Gasteiger partial charge in [-0.05, 0) is 43.0 Å². The number of anilines is 1. The van der Waals surface area contributed by atoms with E-state index in [-0.39, 0.29) is 11.8 Å². The molecule has 1 aromatic carbocycles. The number of hydrogen-bond acceptors (Lipinski definition) is 4. The van der Waals surface area contributed by atoms with E-state index in [1.54, 1.807) is 11.3 Å². The minimum atomic E-state index is 0.0954. The Morgan fingerprint density at radius 2 is 1.87 bits per heavy atom. The van der Waals surface area contributed by atoms with Crippen LogP contribution < -0.4 is 10.2 Å². The molecular formula is C18H23N3OS. The van der Waals surface area contributed by atoms with Crippen molar-refractivity contribution in [1.82, 2.24) is 10.3 Å². The van der Waals surface area contributed by atoms with Crippen molar-refractivity contribution < 1.29 is 4.79 Å². The van der Waals surface area contributed by atoms with Crippen LogP contribution in [0.25, 0.3) is 0 Å². The summed E-state index contributed by atoms with van der Waals surface area (Å²) in [6.45, 7) is 6.93. The minimum Gasteiger partial charge on any atom is -0.354 e. The van der Waals surface area contributed by atoms with Crippen LogP contribution >= 0.6 is 11.3 Å². The summed E-state index contributed by atoms with van der Waals surface area (Å²) in [5.41, 5.74) is 6.07. The molecule has 0 aliphatic carbocycles.